The lowest BCUT2D eigenvalue weighted by molar-refractivity contribution is -0.125. The summed E-state index contributed by atoms with van der Waals surface area (Å²) < 4.78 is 0. The molecule has 0 aliphatic rings. The Morgan fingerprint density at radius 3 is 2.31 bits per heavy atom. The minimum atomic E-state index is -0.0165. The highest BCUT2D eigenvalue weighted by molar-refractivity contribution is 5.78. The molecule has 0 aromatic heterocycles. The average Bonchev–Trinajstić information content (AvgIpc) is 2.20. The second-order valence-electron chi connectivity index (χ2n) is 5.73. The predicted molar refractivity (Wildman–Crippen MR) is 69.1 cm³/mol. The predicted octanol–water partition coefficient (Wildman–Crippen LogP) is 2.16. The third-order valence-corrected chi connectivity index (χ3v) is 3.35. The van der Waals surface area contributed by atoms with E-state index in [9.17, 15) is 4.79 Å². The SMILES string of the molecule is CCCC(CN)C(=O)NCC(C)C(C)(C)C. The molecule has 3 heteroatoms. The van der Waals surface area contributed by atoms with Gasteiger partial charge < -0.3 is 11.1 Å². The van der Waals surface area contributed by atoms with Crippen molar-refractivity contribution in [1.29, 1.82) is 0 Å². The Balaban J connectivity index is 4.05. The minimum absolute atomic E-state index is 0.0165. The molecule has 0 aliphatic heterocycles. The quantitative estimate of drug-likeness (QED) is 0.732. The average molecular weight is 228 g/mol. The van der Waals surface area contributed by atoms with Crippen molar-refractivity contribution in [3.8, 4) is 0 Å². The van der Waals surface area contributed by atoms with Crippen molar-refractivity contribution in [2.45, 2.75) is 47.5 Å². The molecular formula is C13H28N2O. The summed E-state index contributed by atoms with van der Waals surface area (Å²) in [5.41, 5.74) is 5.82. The standard InChI is InChI=1S/C13H28N2O/c1-6-7-11(8-14)12(16)15-9-10(2)13(3,4)5/h10-11H,6-9,14H2,1-5H3,(H,15,16). The van der Waals surface area contributed by atoms with Crippen LogP contribution in [0.1, 0.15) is 47.5 Å². The van der Waals surface area contributed by atoms with E-state index in [1.807, 2.05) is 0 Å². The van der Waals surface area contributed by atoms with Gasteiger partial charge in [-0.05, 0) is 17.8 Å². The summed E-state index contributed by atoms with van der Waals surface area (Å²) in [6.45, 7) is 12.0. The second-order valence-corrected chi connectivity index (χ2v) is 5.73. The van der Waals surface area contributed by atoms with Gasteiger partial charge in [0, 0.05) is 13.1 Å². The van der Waals surface area contributed by atoms with Gasteiger partial charge >= 0.3 is 0 Å². The molecule has 0 heterocycles. The number of hydrogen-bond acceptors (Lipinski definition) is 2. The molecule has 0 rings (SSSR count). The Bertz CT molecular complexity index is 208. The Hall–Kier alpha value is -0.570. The molecule has 0 saturated carbocycles. The molecule has 16 heavy (non-hydrogen) atoms. The van der Waals surface area contributed by atoms with Gasteiger partial charge in [-0.3, -0.25) is 4.79 Å². The molecule has 0 bridgehead atoms. The topological polar surface area (TPSA) is 55.1 Å². The van der Waals surface area contributed by atoms with Crippen molar-refractivity contribution in [3.05, 3.63) is 0 Å². The van der Waals surface area contributed by atoms with E-state index in [-0.39, 0.29) is 17.2 Å². The van der Waals surface area contributed by atoms with Crippen LogP contribution in [-0.4, -0.2) is 19.0 Å². The van der Waals surface area contributed by atoms with Crippen LogP contribution in [-0.2, 0) is 4.79 Å². The van der Waals surface area contributed by atoms with Crippen LogP contribution in [0.3, 0.4) is 0 Å². The summed E-state index contributed by atoms with van der Waals surface area (Å²) in [4.78, 5) is 11.8. The molecule has 2 atom stereocenters. The van der Waals surface area contributed by atoms with Crippen LogP contribution in [0.25, 0.3) is 0 Å². The number of carbonyl (C=O) groups is 1. The Kier molecular flexibility index (Phi) is 6.65. The normalized spacial score (nSPS) is 15.6. The molecule has 0 aliphatic carbocycles. The second kappa shape index (κ2) is 6.89. The molecule has 1 amide bonds. The van der Waals surface area contributed by atoms with Crippen LogP contribution >= 0.6 is 0 Å². The first-order valence-electron chi connectivity index (χ1n) is 6.30. The van der Waals surface area contributed by atoms with E-state index >= 15 is 0 Å². The highest BCUT2D eigenvalue weighted by Gasteiger charge is 2.22. The maximum Gasteiger partial charge on any atom is 0.224 e. The first kappa shape index (κ1) is 15.4. The fraction of sp³-hybridized carbons (Fsp3) is 0.923. The minimum Gasteiger partial charge on any atom is -0.356 e. The zero-order valence-corrected chi connectivity index (χ0v) is 11.5. The van der Waals surface area contributed by atoms with E-state index in [2.05, 4.69) is 39.9 Å². The Morgan fingerprint density at radius 1 is 1.38 bits per heavy atom. The lowest BCUT2D eigenvalue weighted by Crippen LogP contribution is -2.39. The van der Waals surface area contributed by atoms with E-state index in [0.29, 0.717) is 12.5 Å². The maximum atomic E-state index is 11.8. The monoisotopic (exact) mass is 228 g/mol. The lowest BCUT2D eigenvalue weighted by atomic mass is 9.82. The number of nitrogens with one attached hydrogen (secondary N) is 1. The van der Waals surface area contributed by atoms with Crippen molar-refractivity contribution < 1.29 is 4.79 Å². The molecule has 96 valence electrons. The van der Waals surface area contributed by atoms with E-state index in [1.165, 1.54) is 0 Å². The zero-order valence-electron chi connectivity index (χ0n) is 11.5. The van der Waals surface area contributed by atoms with Gasteiger partial charge in [0.15, 0.2) is 0 Å². The van der Waals surface area contributed by atoms with Gasteiger partial charge in [0.1, 0.15) is 0 Å². The molecular weight excluding hydrogens is 200 g/mol. The highest BCUT2D eigenvalue weighted by atomic mass is 16.1. The van der Waals surface area contributed by atoms with Crippen LogP contribution in [0, 0.1) is 17.3 Å². The number of rotatable bonds is 6. The van der Waals surface area contributed by atoms with Crippen molar-refractivity contribution in [3.63, 3.8) is 0 Å². The van der Waals surface area contributed by atoms with E-state index in [1.54, 1.807) is 0 Å². The first-order valence-corrected chi connectivity index (χ1v) is 6.30. The number of hydrogen-bond donors (Lipinski definition) is 2. The summed E-state index contributed by atoms with van der Waals surface area (Å²) in [6, 6.07) is 0. The zero-order chi connectivity index (χ0) is 12.8. The fourth-order valence-electron chi connectivity index (χ4n) is 1.41. The van der Waals surface area contributed by atoms with Crippen LogP contribution in [0.15, 0.2) is 0 Å². The maximum absolute atomic E-state index is 11.8. The molecule has 0 saturated heterocycles. The molecule has 0 aromatic rings. The van der Waals surface area contributed by atoms with Crippen LogP contribution in [0.2, 0.25) is 0 Å². The summed E-state index contributed by atoms with van der Waals surface area (Å²) in [7, 11) is 0. The lowest BCUT2D eigenvalue weighted by Gasteiger charge is -2.28. The number of nitrogens with two attached hydrogens (primary N) is 1. The molecule has 0 spiro atoms. The molecule has 3 nitrogen and oxygen atoms in total. The van der Waals surface area contributed by atoms with Gasteiger partial charge in [0.25, 0.3) is 0 Å². The number of carbonyl (C=O) groups excluding carboxylic acids is 1. The van der Waals surface area contributed by atoms with E-state index in [0.717, 1.165) is 19.4 Å². The summed E-state index contributed by atoms with van der Waals surface area (Å²) in [5, 5.41) is 3.01. The van der Waals surface area contributed by atoms with Crippen molar-refractivity contribution in [1.82, 2.24) is 5.32 Å². The molecule has 0 fully saturated rings. The summed E-state index contributed by atoms with van der Waals surface area (Å²) >= 11 is 0. The third kappa shape index (κ3) is 5.50. The van der Waals surface area contributed by atoms with Gasteiger partial charge in [-0.1, -0.05) is 41.0 Å². The Labute approximate surface area is 100 Å². The molecule has 0 aromatic carbocycles. The van der Waals surface area contributed by atoms with Gasteiger partial charge in [0.2, 0.25) is 5.91 Å². The molecule has 3 N–H and O–H groups in total. The van der Waals surface area contributed by atoms with Crippen LogP contribution in [0.4, 0.5) is 0 Å². The van der Waals surface area contributed by atoms with Crippen molar-refractivity contribution >= 4 is 5.91 Å². The summed E-state index contributed by atoms with van der Waals surface area (Å²) in [5.74, 6) is 0.564. The van der Waals surface area contributed by atoms with Gasteiger partial charge in [0.05, 0.1) is 5.92 Å². The number of amides is 1. The van der Waals surface area contributed by atoms with Crippen LogP contribution in [0.5, 0.6) is 0 Å². The van der Waals surface area contributed by atoms with Gasteiger partial charge in [-0.25, -0.2) is 0 Å². The third-order valence-electron chi connectivity index (χ3n) is 3.35. The molecule has 2 unspecified atom stereocenters. The van der Waals surface area contributed by atoms with Gasteiger partial charge in [-0.2, -0.15) is 0 Å². The highest BCUT2D eigenvalue weighted by Crippen LogP contribution is 2.24. The fourth-order valence-corrected chi connectivity index (χ4v) is 1.41. The smallest absolute Gasteiger partial charge is 0.224 e. The van der Waals surface area contributed by atoms with Gasteiger partial charge in [-0.15, -0.1) is 0 Å². The largest absolute Gasteiger partial charge is 0.356 e. The van der Waals surface area contributed by atoms with E-state index < -0.39 is 0 Å². The summed E-state index contributed by atoms with van der Waals surface area (Å²) in [6.07, 6.45) is 1.89. The first-order chi connectivity index (χ1) is 7.32. The van der Waals surface area contributed by atoms with E-state index in [4.69, 9.17) is 5.73 Å². The Morgan fingerprint density at radius 2 is 1.94 bits per heavy atom. The van der Waals surface area contributed by atoms with Crippen LogP contribution < -0.4 is 11.1 Å². The molecule has 0 radical (unpaired) electrons. The van der Waals surface area contributed by atoms with Crippen molar-refractivity contribution in [2.24, 2.45) is 23.0 Å². The van der Waals surface area contributed by atoms with Crippen molar-refractivity contribution in [2.75, 3.05) is 13.1 Å².